The van der Waals surface area contributed by atoms with Crippen LogP contribution in [0.3, 0.4) is 0 Å². The average molecular weight is 466 g/mol. The molecule has 3 aromatic rings. The third kappa shape index (κ3) is 5.73. The fourth-order valence-corrected chi connectivity index (χ4v) is 3.03. The molecule has 6 heteroatoms. The van der Waals surface area contributed by atoms with E-state index in [0.29, 0.717) is 27.8 Å². The number of halogens is 3. The number of hydrogen-bond acceptors (Lipinski definition) is 3. The Morgan fingerprint density at radius 3 is 2.26 bits per heavy atom. The Morgan fingerprint density at radius 2 is 1.59 bits per heavy atom. The third-order valence-electron chi connectivity index (χ3n) is 3.78. The first-order valence-corrected chi connectivity index (χ1v) is 9.64. The van der Waals surface area contributed by atoms with Crippen LogP contribution in [0.15, 0.2) is 71.2 Å². The number of esters is 1. The zero-order chi connectivity index (χ0) is 19.2. The Morgan fingerprint density at radius 1 is 0.889 bits per heavy atom. The van der Waals surface area contributed by atoms with Crippen molar-refractivity contribution in [2.75, 3.05) is 0 Å². The Kier molecular flexibility index (Phi) is 6.78. The molecule has 0 radical (unpaired) electrons. The van der Waals surface area contributed by atoms with Crippen molar-refractivity contribution in [3.05, 3.63) is 97.9 Å². The van der Waals surface area contributed by atoms with Crippen LogP contribution in [0.5, 0.6) is 5.75 Å². The highest BCUT2D eigenvalue weighted by Crippen LogP contribution is 2.22. The zero-order valence-corrected chi connectivity index (χ0v) is 17.2. The summed E-state index contributed by atoms with van der Waals surface area (Å²) in [7, 11) is 0. The maximum absolute atomic E-state index is 12.2. The van der Waals surface area contributed by atoms with Crippen molar-refractivity contribution < 1.29 is 14.3 Å². The van der Waals surface area contributed by atoms with Crippen LogP contribution in [0, 0.1) is 0 Å². The predicted molar refractivity (Wildman–Crippen MR) is 110 cm³/mol. The SMILES string of the molecule is O=C(OCc1ccc(Cl)cc1Cl)c1ccc(COc2ccc(Br)cc2)cc1. The maximum Gasteiger partial charge on any atom is 0.338 e. The van der Waals surface area contributed by atoms with Gasteiger partial charge in [0.15, 0.2) is 0 Å². The van der Waals surface area contributed by atoms with Crippen LogP contribution < -0.4 is 4.74 Å². The third-order valence-corrected chi connectivity index (χ3v) is 4.90. The molecule has 0 saturated carbocycles. The molecule has 0 bridgehead atoms. The first-order chi connectivity index (χ1) is 13.0. The molecule has 0 fully saturated rings. The molecule has 0 heterocycles. The molecule has 0 saturated heterocycles. The van der Waals surface area contributed by atoms with Crippen molar-refractivity contribution >= 4 is 45.1 Å². The molecule has 0 atom stereocenters. The second-order valence-electron chi connectivity index (χ2n) is 5.75. The monoisotopic (exact) mass is 464 g/mol. The summed E-state index contributed by atoms with van der Waals surface area (Å²) in [5.41, 5.74) is 2.12. The van der Waals surface area contributed by atoms with Crippen molar-refractivity contribution in [1.29, 1.82) is 0 Å². The molecule has 0 aliphatic carbocycles. The molecule has 0 unspecified atom stereocenters. The van der Waals surface area contributed by atoms with Crippen molar-refractivity contribution in [2.45, 2.75) is 13.2 Å². The number of hydrogen-bond donors (Lipinski definition) is 0. The van der Waals surface area contributed by atoms with Gasteiger partial charge in [-0.2, -0.15) is 0 Å². The van der Waals surface area contributed by atoms with Gasteiger partial charge in [-0.15, -0.1) is 0 Å². The van der Waals surface area contributed by atoms with Gasteiger partial charge in [0, 0.05) is 20.1 Å². The van der Waals surface area contributed by atoms with Gasteiger partial charge in [0.05, 0.1) is 5.56 Å². The lowest BCUT2D eigenvalue weighted by Crippen LogP contribution is -2.06. The summed E-state index contributed by atoms with van der Waals surface area (Å²) < 4.78 is 12.0. The summed E-state index contributed by atoms with van der Waals surface area (Å²) >= 11 is 15.3. The summed E-state index contributed by atoms with van der Waals surface area (Å²) in [6, 6.07) is 19.8. The van der Waals surface area contributed by atoms with Crippen LogP contribution in [0.1, 0.15) is 21.5 Å². The van der Waals surface area contributed by atoms with Crippen LogP contribution in [0.4, 0.5) is 0 Å². The van der Waals surface area contributed by atoms with E-state index in [2.05, 4.69) is 15.9 Å². The van der Waals surface area contributed by atoms with Crippen LogP contribution in [-0.2, 0) is 18.0 Å². The Labute approximate surface area is 176 Å². The van der Waals surface area contributed by atoms with E-state index in [4.69, 9.17) is 32.7 Å². The normalized spacial score (nSPS) is 10.5. The topological polar surface area (TPSA) is 35.5 Å². The standard InChI is InChI=1S/C21H15BrCl2O3/c22-17-6-9-19(10-7-17)26-12-14-1-3-15(4-2-14)21(25)27-13-16-5-8-18(23)11-20(16)24/h1-11H,12-13H2. The van der Waals surface area contributed by atoms with Crippen molar-refractivity contribution in [1.82, 2.24) is 0 Å². The fourth-order valence-electron chi connectivity index (χ4n) is 2.30. The van der Waals surface area contributed by atoms with E-state index in [-0.39, 0.29) is 6.61 Å². The Balaban J connectivity index is 1.54. The second kappa shape index (κ2) is 9.27. The first-order valence-electron chi connectivity index (χ1n) is 8.09. The highest BCUT2D eigenvalue weighted by Gasteiger charge is 2.09. The van der Waals surface area contributed by atoms with Gasteiger partial charge in [0.25, 0.3) is 0 Å². The van der Waals surface area contributed by atoms with E-state index >= 15 is 0 Å². The zero-order valence-electron chi connectivity index (χ0n) is 14.1. The van der Waals surface area contributed by atoms with Crippen molar-refractivity contribution in [3.8, 4) is 5.75 Å². The Bertz CT molecular complexity index is 925. The van der Waals surface area contributed by atoms with Crippen LogP contribution >= 0.6 is 39.1 Å². The van der Waals surface area contributed by atoms with E-state index in [9.17, 15) is 4.79 Å². The molecule has 0 N–H and O–H groups in total. The molecule has 0 aliphatic rings. The van der Waals surface area contributed by atoms with E-state index in [1.807, 2.05) is 36.4 Å². The van der Waals surface area contributed by atoms with Gasteiger partial charge in [-0.25, -0.2) is 4.79 Å². The summed E-state index contributed by atoms with van der Waals surface area (Å²) in [6.45, 7) is 0.501. The number of carbonyl (C=O) groups excluding carboxylic acids is 1. The van der Waals surface area contributed by atoms with Crippen molar-refractivity contribution in [3.63, 3.8) is 0 Å². The predicted octanol–water partition coefficient (Wildman–Crippen LogP) is 6.69. The maximum atomic E-state index is 12.2. The van der Waals surface area contributed by atoms with E-state index in [1.54, 1.807) is 30.3 Å². The second-order valence-corrected chi connectivity index (χ2v) is 7.51. The van der Waals surface area contributed by atoms with Gasteiger partial charge in [-0.3, -0.25) is 0 Å². The number of ether oxygens (including phenoxy) is 2. The molecule has 3 rings (SSSR count). The molecular weight excluding hydrogens is 451 g/mol. The average Bonchev–Trinajstić information content (AvgIpc) is 2.67. The number of benzene rings is 3. The minimum Gasteiger partial charge on any atom is -0.489 e. The molecule has 0 spiro atoms. The minimum atomic E-state index is -0.415. The van der Waals surface area contributed by atoms with Crippen LogP contribution in [0.25, 0.3) is 0 Å². The van der Waals surface area contributed by atoms with Gasteiger partial charge in [-0.1, -0.05) is 57.3 Å². The smallest absolute Gasteiger partial charge is 0.338 e. The lowest BCUT2D eigenvalue weighted by atomic mass is 10.1. The molecule has 0 aliphatic heterocycles. The van der Waals surface area contributed by atoms with E-state index < -0.39 is 5.97 Å². The quantitative estimate of drug-likeness (QED) is 0.380. The van der Waals surface area contributed by atoms with Gasteiger partial charge in [0.1, 0.15) is 19.0 Å². The molecule has 27 heavy (non-hydrogen) atoms. The van der Waals surface area contributed by atoms with E-state index in [1.165, 1.54) is 0 Å². The van der Waals surface area contributed by atoms with Gasteiger partial charge in [0.2, 0.25) is 0 Å². The Hall–Kier alpha value is -2.01. The summed E-state index contributed by atoms with van der Waals surface area (Å²) in [6.07, 6.45) is 0. The first kappa shape index (κ1) is 19.7. The lowest BCUT2D eigenvalue weighted by molar-refractivity contribution is 0.0473. The minimum absolute atomic E-state index is 0.0866. The molecule has 138 valence electrons. The van der Waals surface area contributed by atoms with Gasteiger partial charge >= 0.3 is 5.97 Å². The van der Waals surface area contributed by atoms with Gasteiger partial charge in [-0.05, 0) is 54.1 Å². The summed E-state index contributed by atoms with van der Waals surface area (Å²) in [5, 5.41) is 1.01. The number of rotatable bonds is 6. The molecule has 3 aromatic carbocycles. The van der Waals surface area contributed by atoms with Crippen molar-refractivity contribution in [2.24, 2.45) is 0 Å². The van der Waals surface area contributed by atoms with Crippen LogP contribution in [0.2, 0.25) is 10.0 Å². The molecular formula is C21H15BrCl2O3. The molecule has 0 aromatic heterocycles. The summed E-state index contributed by atoms with van der Waals surface area (Å²) in [4.78, 5) is 12.2. The summed E-state index contributed by atoms with van der Waals surface area (Å²) in [5.74, 6) is 0.364. The molecule has 3 nitrogen and oxygen atoms in total. The molecule has 0 amide bonds. The largest absolute Gasteiger partial charge is 0.489 e. The highest BCUT2D eigenvalue weighted by atomic mass is 79.9. The van der Waals surface area contributed by atoms with Crippen LogP contribution in [-0.4, -0.2) is 5.97 Å². The fraction of sp³-hybridized carbons (Fsp3) is 0.0952. The highest BCUT2D eigenvalue weighted by molar-refractivity contribution is 9.10. The van der Waals surface area contributed by atoms with Gasteiger partial charge < -0.3 is 9.47 Å². The van der Waals surface area contributed by atoms with E-state index in [0.717, 1.165) is 15.8 Å². The number of carbonyl (C=O) groups is 1. The lowest BCUT2D eigenvalue weighted by Gasteiger charge is -2.09.